The normalized spacial score (nSPS) is 15.2. The van der Waals surface area contributed by atoms with Gasteiger partial charge in [-0.15, -0.1) is 0 Å². The Morgan fingerprint density at radius 2 is 1.45 bits per heavy atom. The van der Waals surface area contributed by atoms with Gasteiger partial charge < -0.3 is 5.32 Å². The highest BCUT2D eigenvalue weighted by Crippen LogP contribution is 2.35. The number of benzene rings is 3. The van der Waals surface area contributed by atoms with Crippen molar-refractivity contribution in [2.75, 3.05) is 11.9 Å². The molecule has 1 N–H and O–H groups in total. The molecule has 2 amide bonds. The van der Waals surface area contributed by atoms with E-state index in [0.717, 1.165) is 22.4 Å². The Morgan fingerprint density at radius 3 is 2.03 bits per heavy atom. The van der Waals surface area contributed by atoms with Gasteiger partial charge in [-0.05, 0) is 22.8 Å². The van der Waals surface area contributed by atoms with Crippen molar-refractivity contribution in [3.05, 3.63) is 102 Å². The van der Waals surface area contributed by atoms with Crippen LogP contribution in [0.15, 0.2) is 84.9 Å². The number of nitrogens with zero attached hydrogens (tertiary/aromatic N) is 1. The monoisotopic (exact) mass is 384 g/mol. The lowest BCUT2D eigenvalue weighted by Gasteiger charge is -2.27. The Kier molecular flexibility index (Phi) is 5.43. The third kappa shape index (κ3) is 3.79. The van der Waals surface area contributed by atoms with Crippen LogP contribution in [0.1, 0.15) is 29.0 Å². The van der Waals surface area contributed by atoms with Crippen LogP contribution in [0.25, 0.3) is 0 Å². The topological polar surface area (TPSA) is 49.4 Å². The summed E-state index contributed by atoms with van der Waals surface area (Å²) in [4.78, 5) is 27.7. The van der Waals surface area contributed by atoms with E-state index in [-0.39, 0.29) is 17.7 Å². The molecule has 1 aliphatic rings. The number of carbonyl (C=O) groups excluding carboxylic acids is 2. The first kappa shape index (κ1) is 18.9. The largest absolute Gasteiger partial charge is 0.357 e. The number of nitrogens with one attached hydrogen (secondary N) is 1. The summed E-state index contributed by atoms with van der Waals surface area (Å²) in [5.74, 6) is -0.241. The Hall–Kier alpha value is -3.40. The number of para-hydroxylation sites is 1. The predicted octanol–water partition coefficient (Wildman–Crippen LogP) is 3.91. The summed E-state index contributed by atoms with van der Waals surface area (Å²) in [5.41, 5.74) is 4.06. The van der Waals surface area contributed by atoms with E-state index in [1.54, 1.807) is 11.9 Å². The lowest BCUT2D eigenvalue weighted by Crippen LogP contribution is -2.47. The van der Waals surface area contributed by atoms with Crippen LogP contribution < -0.4 is 10.2 Å². The first-order chi connectivity index (χ1) is 14.2. The molecule has 0 aliphatic carbocycles. The van der Waals surface area contributed by atoms with E-state index in [0.29, 0.717) is 12.8 Å². The highest BCUT2D eigenvalue weighted by molar-refractivity contribution is 6.03. The molecular weight excluding hydrogens is 360 g/mol. The van der Waals surface area contributed by atoms with Crippen molar-refractivity contribution in [3.8, 4) is 0 Å². The first-order valence-corrected chi connectivity index (χ1v) is 9.90. The highest BCUT2D eigenvalue weighted by atomic mass is 16.2. The van der Waals surface area contributed by atoms with E-state index in [1.807, 2.05) is 60.7 Å². The van der Waals surface area contributed by atoms with Gasteiger partial charge in [0, 0.05) is 31.5 Å². The van der Waals surface area contributed by atoms with Crippen molar-refractivity contribution in [2.45, 2.75) is 24.8 Å². The minimum atomic E-state index is -0.503. The number of anilines is 1. The number of hydrogen-bond acceptors (Lipinski definition) is 2. The zero-order valence-corrected chi connectivity index (χ0v) is 16.4. The van der Waals surface area contributed by atoms with Crippen LogP contribution in [0.2, 0.25) is 0 Å². The summed E-state index contributed by atoms with van der Waals surface area (Å²) in [7, 11) is 1.62. The van der Waals surface area contributed by atoms with Crippen molar-refractivity contribution in [3.63, 3.8) is 0 Å². The van der Waals surface area contributed by atoms with Crippen LogP contribution in [0, 0.1) is 0 Å². The maximum Gasteiger partial charge on any atom is 0.243 e. The fourth-order valence-electron chi connectivity index (χ4n) is 4.14. The average Bonchev–Trinajstić information content (AvgIpc) is 3.18. The maximum atomic E-state index is 13.5. The fraction of sp³-hybridized carbons (Fsp3) is 0.200. The third-order valence-electron chi connectivity index (χ3n) is 5.58. The SMILES string of the molecule is CNC(=O)C1Cc2ccccc2N1C(=O)CC(c1ccccc1)c1ccccc1. The minimum absolute atomic E-state index is 0.0405. The molecule has 0 fully saturated rings. The van der Waals surface area contributed by atoms with E-state index >= 15 is 0 Å². The fourth-order valence-corrected chi connectivity index (χ4v) is 4.14. The number of fused-ring (bicyclic) bond motifs is 1. The van der Waals surface area contributed by atoms with Gasteiger partial charge in [0.2, 0.25) is 11.8 Å². The summed E-state index contributed by atoms with van der Waals surface area (Å²) in [6.45, 7) is 0. The minimum Gasteiger partial charge on any atom is -0.357 e. The van der Waals surface area contributed by atoms with E-state index in [4.69, 9.17) is 0 Å². The summed E-state index contributed by atoms with van der Waals surface area (Å²) in [6.07, 6.45) is 0.846. The van der Waals surface area contributed by atoms with Crippen LogP contribution in [-0.2, 0) is 16.0 Å². The van der Waals surface area contributed by atoms with Crippen molar-refractivity contribution < 1.29 is 9.59 Å². The zero-order chi connectivity index (χ0) is 20.2. The van der Waals surface area contributed by atoms with Crippen molar-refractivity contribution in [2.24, 2.45) is 0 Å². The van der Waals surface area contributed by atoms with Gasteiger partial charge in [0.1, 0.15) is 6.04 Å². The van der Waals surface area contributed by atoms with Crippen molar-refractivity contribution in [1.29, 1.82) is 0 Å². The number of carbonyl (C=O) groups is 2. The first-order valence-electron chi connectivity index (χ1n) is 9.90. The zero-order valence-electron chi connectivity index (χ0n) is 16.4. The molecule has 4 heteroatoms. The van der Waals surface area contributed by atoms with Gasteiger partial charge in [-0.2, -0.15) is 0 Å². The average molecular weight is 384 g/mol. The molecule has 4 nitrogen and oxygen atoms in total. The van der Waals surface area contributed by atoms with E-state index in [9.17, 15) is 9.59 Å². The van der Waals surface area contributed by atoms with Crippen LogP contribution in [0.3, 0.4) is 0 Å². The van der Waals surface area contributed by atoms with Crippen LogP contribution in [0.5, 0.6) is 0 Å². The van der Waals surface area contributed by atoms with Crippen molar-refractivity contribution >= 4 is 17.5 Å². The molecule has 3 aromatic carbocycles. The summed E-state index contributed by atoms with van der Waals surface area (Å²) >= 11 is 0. The molecule has 0 saturated carbocycles. The number of hydrogen-bond donors (Lipinski definition) is 1. The van der Waals surface area contributed by atoms with Gasteiger partial charge in [-0.1, -0.05) is 78.9 Å². The van der Waals surface area contributed by atoms with Gasteiger partial charge in [0.25, 0.3) is 0 Å². The molecule has 4 rings (SSSR count). The predicted molar refractivity (Wildman–Crippen MR) is 115 cm³/mol. The molecular formula is C25H24N2O2. The molecule has 0 spiro atoms. The van der Waals surface area contributed by atoms with E-state index in [2.05, 4.69) is 29.6 Å². The van der Waals surface area contributed by atoms with Crippen LogP contribution in [0.4, 0.5) is 5.69 Å². The molecule has 1 unspecified atom stereocenters. The molecule has 29 heavy (non-hydrogen) atoms. The second-order valence-electron chi connectivity index (χ2n) is 7.30. The Labute approximate surface area is 171 Å². The van der Waals surface area contributed by atoms with E-state index < -0.39 is 6.04 Å². The second kappa shape index (κ2) is 8.31. The molecule has 1 aliphatic heterocycles. The molecule has 0 aromatic heterocycles. The number of amides is 2. The van der Waals surface area contributed by atoms with Crippen LogP contribution >= 0.6 is 0 Å². The summed E-state index contributed by atoms with van der Waals surface area (Å²) < 4.78 is 0. The lowest BCUT2D eigenvalue weighted by molar-refractivity contribution is -0.126. The molecule has 0 saturated heterocycles. The summed E-state index contributed by atoms with van der Waals surface area (Å²) in [6, 6.07) is 27.4. The Balaban J connectivity index is 1.69. The second-order valence-corrected chi connectivity index (χ2v) is 7.30. The van der Waals surface area contributed by atoms with Gasteiger partial charge in [-0.3, -0.25) is 14.5 Å². The molecule has 1 atom stereocenters. The summed E-state index contributed by atoms with van der Waals surface area (Å²) in [5, 5.41) is 2.71. The third-order valence-corrected chi connectivity index (χ3v) is 5.58. The molecule has 0 radical (unpaired) electrons. The molecule has 146 valence electrons. The maximum absolute atomic E-state index is 13.5. The Bertz CT molecular complexity index is 962. The molecule has 1 heterocycles. The van der Waals surface area contributed by atoms with Gasteiger partial charge in [0.15, 0.2) is 0 Å². The smallest absolute Gasteiger partial charge is 0.243 e. The van der Waals surface area contributed by atoms with Crippen LogP contribution in [-0.4, -0.2) is 24.9 Å². The quantitative estimate of drug-likeness (QED) is 0.725. The lowest BCUT2D eigenvalue weighted by atomic mass is 9.88. The van der Waals surface area contributed by atoms with Gasteiger partial charge in [-0.25, -0.2) is 0 Å². The number of likely N-dealkylation sites (N-methyl/N-ethyl adjacent to an activating group) is 1. The standard InChI is InChI=1S/C25H24N2O2/c1-26-25(29)23-16-20-14-8-9-15-22(20)27(23)24(28)17-21(18-10-4-2-5-11-18)19-12-6-3-7-13-19/h2-15,21,23H,16-17H2,1H3,(H,26,29). The Morgan fingerprint density at radius 1 is 0.897 bits per heavy atom. The molecule has 0 bridgehead atoms. The highest BCUT2D eigenvalue weighted by Gasteiger charge is 2.38. The van der Waals surface area contributed by atoms with E-state index in [1.165, 1.54) is 0 Å². The van der Waals surface area contributed by atoms with Gasteiger partial charge >= 0.3 is 0 Å². The van der Waals surface area contributed by atoms with Crippen molar-refractivity contribution in [1.82, 2.24) is 5.32 Å². The van der Waals surface area contributed by atoms with Gasteiger partial charge in [0.05, 0.1) is 0 Å². The number of rotatable bonds is 5. The molecule has 3 aromatic rings.